The van der Waals surface area contributed by atoms with Gasteiger partial charge in [0, 0.05) is 28.3 Å². The number of carbonyl (C=O) groups is 2. The number of hydrogen-bond donors (Lipinski definition) is 3. The summed E-state index contributed by atoms with van der Waals surface area (Å²) in [6.07, 6.45) is -1.10. The van der Waals surface area contributed by atoms with Gasteiger partial charge in [-0.15, -0.1) is 5.10 Å². The Kier molecular flexibility index (Phi) is 8.81. The molecule has 4 rings (SSSR count). The predicted octanol–water partition coefficient (Wildman–Crippen LogP) is 6.87. The molecule has 214 valence electrons. The Morgan fingerprint density at radius 3 is 2.27 bits per heavy atom. The molecule has 0 unspecified atom stereocenters. The van der Waals surface area contributed by atoms with Crippen molar-refractivity contribution in [3.05, 3.63) is 63.6 Å². The van der Waals surface area contributed by atoms with Gasteiger partial charge in [-0.25, -0.2) is 4.79 Å². The Bertz CT molecular complexity index is 1320. The molecule has 40 heavy (non-hydrogen) atoms. The minimum Gasteiger partial charge on any atom is -0.317 e. The Morgan fingerprint density at radius 2 is 1.70 bits per heavy atom. The van der Waals surface area contributed by atoms with Crippen LogP contribution in [0.3, 0.4) is 0 Å². The Balaban J connectivity index is 1.52. The van der Waals surface area contributed by atoms with E-state index >= 15 is 0 Å². The lowest BCUT2D eigenvalue weighted by Crippen LogP contribution is -2.45. The number of carbonyl (C=O) groups excluding carboxylic acids is 2. The second-order valence-corrected chi connectivity index (χ2v) is 11.9. The molecular formula is C27H31BrF3N7O2. The van der Waals surface area contributed by atoms with Crippen LogP contribution in [0.5, 0.6) is 0 Å². The van der Waals surface area contributed by atoms with Crippen molar-refractivity contribution in [2.45, 2.75) is 65.2 Å². The third-order valence-electron chi connectivity index (χ3n) is 7.29. The molecule has 1 saturated carbocycles. The first-order valence-corrected chi connectivity index (χ1v) is 13.7. The molecule has 0 saturated heterocycles. The number of rotatable bonds is 6. The number of H-pyrrole nitrogens is 1. The van der Waals surface area contributed by atoms with Crippen molar-refractivity contribution in [2.75, 3.05) is 10.6 Å². The van der Waals surface area contributed by atoms with Gasteiger partial charge in [-0.3, -0.25) is 10.1 Å². The van der Waals surface area contributed by atoms with Gasteiger partial charge in [0.1, 0.15) is 0 Å². The average molecular weight is 622 g/mol. The summed E-state index contributed by atoms with van der Waals surface area (Å²) >= 11 is 2.94. The van der Waals surface area contributed by atoms with Crippen molar-refractivity contribution in [2.24, 2.45) is 11.3 Å². The standard InChI is InChI=1S/C27H31BrF3N7O2/c1-26(2,3)18-8-11-20(12-9-18)38(25(40)32-19-10-13-22(28)21(14-19)27(29,30)31)15-16-4-6-17(7-5-16)23(39)33-24-34-36-37-35-24/h4-7,10,13-14,18,20H,8-9,11-12,15H2,1-3H3,(H,32,40)(H2,33,34,35,36,37,39). The van der Waals surface area contributed by atoms with E-state index in [1.807, 2.05) is 0 Å². The molecule has 0 radical (unpaired) electrons. The van der Waals surface area contributed by atoms with E-state index in [0.29, 0.717) is 11.5 Å². The summed E-state index contributed by atoms with van der Waals surface area (Å²) in [5, 5.41) is 18.2. The lowest BCUT2D eigenvalue weighted by atomic mass is 9.71. The van der Waals surface area contributed by atoms with Gasteiger partial charge in [-0.2, -0.15) is 18.4 Å². The molecule has 1 aliphatic rings. The molecular weight excluding hydrogens is 591 g/mol. The number of urea groups is 1. The summed E-state index contributed by atoms with van der Waals surface area (Å²) in [6.45, 7) is 6.87. The molecule has 1 fully saturated rings. The van der Waals surface area contributed by atoms with E-state index in [0.717, 1.165) is 37.3 Å². The highest BCUT2D eigenvalue weighted by Crippen LogP contribution is 2.40. The van der Waals surface area contributed by atoms with Gasteiger partial charge in [-0.1, -0.05) is 53.9 Å². The first-order valence-electron chi connectivity index (χ1n) is 12.9. The fourth-order valence-corrected chi connectivity index (χ4v) is 5.45. The normalized spacial score (nSPS) is 17.8. The van der Waals surface area contributed by atoms with Gasteiger partial charge in [0.2, 0.25) is 0 Å². The number of alkyl halides is 3. The molecule has 2 aromatic carbocycles. The van der Waals surface area contributed by atoms with Gasteiger partial charge in [0.15, 0.2) is 0 Å². The summed E-state index contributed by atoms with van der Waals surface area (Å²) in [5.74, 6) is 0.148. The number of tetrazole rings is 1. The number of nitrogens with zero attached hydrogens (tertiary/aromatic N) is 4. The van der Waals surface area contributed by atoms with Crippen molar-refractivity contribution in [1.29, 1.82) is 0 Å². The van der Waals surface area contributed by atoms with E-state index in [-0.39, 0.29) is 34.1 Å². The topological polar surface area (TPSA) is 116 Å². The lowest BCUT2D eigenvalue weighted by Gasteiger charge is -2.41. The number of anilines is 2. The van der Waals surface area contributed by atoms with Gasteiger partial charge in [0.05, 0.1) is 5.56 Å². The van der Waals surface area contributed by atoms with E-state index in [1.54, 1.807) is 29.2 Å². The van der Waals surface area contributed by atoms with Gasteiger partial charge in [0.25, 0.3) is 11.9 Å². The first-order chi connectivity index (χ1) is 18.8. The zero-order valence-corrected chi connectivity index (χ0v) is 23.9. The van der Waals surface area contributed by atoms with Gasteiger partial charge < -0.3 is 10.2 Å². The van der Waals surface area contributed by atoms with Crippen molar-refractivity contribution in [3.63, 3.8) is 0 Å². The number of nitrogens with one attached hydrogen (secondary N) is 3. The van der Waals surface area contributed by atoms with Crippen LogP contribution in [0.2, 0.25) is 0 Å². The van der Waals surface area contributed by atoms with E-state index < -0.39 is 23.7 Å². The maximum absolute atomic E-state index is 13.5. The largest absolute Gasteiger partial charge is 0.417 e. The third-order valence-corrected chi connectivity index (χ3v) is 7.98. The highest BCUT2D eigenvalue weighted by atomic mass is 79.9. The SMILES string of the molecule is CC(C)(C)C1CCC(N(Cc2ccc(C(=O)Nc3nn[nH]n3)cc2)C(=O)Nc2ccc(Br)c(C(F)(F)F)c2)CC1. The third kappa shape index (κ3) is 7.38. The predicted molar refractivity (Wildman–Crippen MR) is 147 cm³/mol. The van der Waals surface area contributed by atoms with Crippen LogP contribution in [0, 0.1) is 11.3 Å². The Labute approximate surface area is 238 Å². The fraction of sp³-hybridized carbons (Fsp3) is 0.444. The molecule has 0 bridgehead atoms. The molecule has 1 aliphatic carbocycles. The van der Waals surface area contributed by atoms with Crippen molar-refractivity contribution in [1.82, 2.24) is 25.5 Å². The fourth-order valence-electron chi connectivity index (χ4n) is 4.98. The van der Waals surface area contributed by atoms with Crippen LogP contribution in [-0.4, -0.2) is 43.5 Å². The van der Waals surface area contributed by atoms with Crippen molar-refractivity contribution < 1.29 is 22.8 Å². The van der Waals surface area contributed by atoms with Crippen LogP contribution in [0.4, 0.5) is 29.6 Å². The van der Waals surface area contributed by atoms with E-state index in [1.165, 1.54) is 12.1 Å². The number of hydrogen-bond acceptors (Lipinski definition) is 5. The lowest BCUT2D eigenvalue weighted by molar-refractivity contribution is -0.138. The molecule has 0 spiro atoms. The van der Waals surface area contributed by atoms with Crippen LogP contribution in [0.25, 0.3) is 0 Å². The molecule has 0 atom stereocenters. The maximum Gasteiger partial charge on any atom is 0.417 e. The maximum atomic E-state index is 13.5. The van der Waals surface area contributed by atoms with Crippen LogP contribution in [0.1, 0.15) is 67.9 Å². The summed E-state index contributed by atoms with van der Waals surface area (Å²) in [6, 6.07) is 9.81. The molecule has 3 aromatic rings. The summed E-state index contributed by atoms with van der Waals surface area (Å²) in [5.41, 5.74) is 0.488. The minimum absolute atomic E-state index is 0.0457. The highest BCUT2D eigenvalue weighted by molar-refractivity contribution is 9.10. The van der Waals surface area contributed by atoms with Crippen LogP contribution in [0.15, 0.2) is 46.9 Å². The average Bonchev–Trinajstić information content (AvgIpc) is 3.40. The number of halogens is 4. The van der Waals surface area contributed by atoms with Crippen molar-refractivity contribution >= 4 is 39.5 Å². The molecule has 1 aromatic heterocycles. The monoisotopic (exact) mass is 621 g/mol. The number of benzene rings is 2. The van der Waals surface area contributed by atoms with Crippen molar-refractivity contribution in [3.8, 4) is 0 Å². The Morgan fingerprint density at radius 1 is 1.02 bits per heavy atom. The van der Waals surface area contributed by atoms with Gasteiger partial charge >= 0.3 is 12.2 Å². The smallest absolute Gasteiger partial charge is 0.317 e. The molecule has 1 heterocycles. The molecule has 0 aliphatic heterocycles. The minimum atomic E-state index is -4.57. The van der Waals surface area contributed by atoms with E-state index in [4.69, 9.17) is 0 Å². The van der Waals surface area contributed by atoms with Gasteiger partial charge in [-0.05, 0) is 78.1 Å². The van der Waals surface area contributed by atoms with Crippen LogP contribution < -0.4 is 10.6 Å². The van der Waals surface area contributed by atoms with Crippen LogP contribution >= 0.6 is 15.9 Å². The number of amides is 3. The molecule has 13 heteroatoms. The molecule has 9 nitrogen and oxygen atoms in total. The van der Waals surface area contributed by atoms with E-state index in [9.17, 15) is 22.8 Å². The molecule has 3 N–H and O–H groups in total. The summed E-state index contributed by atoms with van der Waals surface area (Å²) in [4.78, 5) is 27.7. The summed E-state index contributed by atoms with van der Waals surface area (Å²) in [7, 11) is 0. The zero-order chi connectivity index (χ0) is 29.1. The Hall–Kier alpha value is -3.48. The zero-order valence-electron chi connectivity index (χ0n) is 22.3. The second-order valence-electron chi connectivity index (χ2n) is 11.0. The summed E-state index contributed by atoms with van der Waals surface area (Å²) < 4.78 is 40.2. The quantitative estimate of drug-likeness (QED) is 0.278. The number of aromatic nitrogens is 4. The first kappa shape index (κ1) is 29.5. The highest BCUT2D eigenvalue weighted by Gasteiger charge is 2.35. The second kappa shape index (κ2) is 11.9. The number of aromatic amines is 1. The van der Waals surface area contributed by atoms with E-state index in [2.05, 4.69) is 68.0 Å². The van der Waals surface area contributed by atoms with Crippen LogP contribution in [-0.2, 0) is 12.7 Å². The molecule has 3 amide bonds.